The zero-order valence-corrected chi connectivity index (χ0v) is 10.4. The lowest BCUT2D eigenvalue weighted by Crippen LogP contribution is -2.44. The van der Waals surface area contributed by atoms with Crippen molar-refractivity contribution in [3.05, 3.63) is 0 Å². The van der Waals surface area contributed by atoms with E-state index in [1.807, 2.05) is 20.8 Å². The molecule has 0 radical (unpaired) electrons. The topological polar surface area (TPSA) is 72.8 Å². The Balaban J connectivity index is 4.03. The lowest BCUT2D eigenvalue weighted by molar-refractivity contribution is -0.131. The van der Waals surface area contributed by atoms with Gasteiger partial charge in [0.2, 0.25) is 5.91 Å². The predicted octanol–water partition coefficient (Wildman–Crippen LogP) is -0.424. The second-order valence-corrected chi connectivity index (χ2v) is 3.90. The van der Waals surface area contributed by atoms with Gasteiger partial charge >= 0.3 is 0 Å². The monoisotopic (exact) mass is 232 g/mol. The maximum Gasteiger partial charge on any atom is 0.224 e. The van der Waals surface area contributed by atoms with E-state index in [-0.39, 0.29) is 31.2 Å². The van der Waals surface area contributed by atoms with Crippen LogP contribution in [0.4, 0.5) is 0 Å². The van der Waals surface area contributed by atoms with Crippen molar-refractivity contribution in [1.29, 1.82) is 0 Å². The van der Waals surface area contributed by atoms with Crippen LogP contribution >= 0.6 is 0 Å². The molecular weight excluding hydrogens is 208 g/mol. The quantitative estimate of drug-likeness (QED) is 0.531. The lowest BCUT2D eigenvalue weighted by atomic mass is 10.2. The van der Waals surface area contributed by atoms with Crippen LogP contribution in [-0.2, 0) is 4.79 Å². The summed E-state index contributed by atoms with van der Waals surface area (Å²) in [5.41, 5.74) is 0. The summed E-state index contributed by atoms with van der Waals surface area (Å²) in [5.74, 6) is 0.0969. The van der Waals surface area contributed by atoms with E-state index in [0.717, 1.165) is 0 Å². The van der Waals surface area contributed by atoms with Crippen molar-refractivity contribution < 1.29 is 15.0 Å². The number of hydrogen-bond acceptors (Lipinski definition) is 4. The van der Waals surface area contributed by atoms with Gasteiger partial charge in [0, 0.05) is 25.6 Å². The average molecular weight is 232 g/mol. The van der Waals surface area contributed by atoms with Gasteiger partial charge in [-0.05, 0) is 20.8 Å². The van der Waals surface area contributed by atoms with Crippen LogP contribution in [0.15, 0.2) is 0 Å². The Labute approximate surface area is 97.4 Å². The Kier molecular flexibility index (Phi) is 8.15. The van der Waals surface area contributed by atoms with Crippen LogP contribution < -0.4 is 5.32 Å². The number of hydrogen-bond donors (Lipinski definition) is 3. The Morgan fingerprint density at radius 3 is 2.12 bits per heavy atom. The zero-order chi connectivity index (χ0) is 12.6. The summed E-state index contributed by atoms with van der Waals surface area (Å²) in [6, 6.07) is -0.392. The average Bonchev–Trinajstić information content (AvgIpc) is 2.27. The van der Waals surface area contributed by atoms with Gasteiger partial charge in [-0.1, -0.05) is 0 Å². The van der Waals surface area contributed by atoms with Crippen LogP contribution in [0.2, 0.25) is 0 Å². The molecule has 0 rings (SSSR count). The molecule has 0 aromatic carbocycles. The number of nitrogens with one attached hydrogen (secondary N) is 1. The maximum atomic E-state index is 11.7. The van der Waals surface area contributed by atoms with E-state index in [2.05, 4.69) is 5.32 Å². The summed E-state index contributed by atoms with van der Waals surface area (Å²) in [6.45, 7) is 6.95. The van der Waals surface area contributed by atoms with E-state index >= 15 is 0 Å². The first kappa shape index (κ1) is 15.3. The standard InChI is InChI=1S/C11H24N2O3/c1-4-13(5-2)11(16)6-9(3)12-10(7-14)8-15/h9-10,12,14-15H,4-8H2,1-3H3. The fourth-order valence-corrected chi connectivity index (χ4v) is 1.59. The number of nitrogens with zero attached hydrogens (tertiary/aromatic N) is 1. The molecular formula is C11H24N2O3. The molecule has 0 aliphatic heterocycles. The van der Waals surface area contributed by atoms with Gasteiger partial charge in [0.1, 0.15) is 0 Å². The van der Waals surface area contributed by atoms with E-state index in [1.165, 1.54) is 0 Å². The van der Waals surface area contributed by atoms with Crippen molar-refractivity contribution >= 4 is 5.91 Å². The highest BCUT2D eigenvalue weighted by Crippen LogP contribution is 1.99. The van der Waals surface area contributed by atoms with E-state index < -0.39 is 0 Å². The van der Waals surface area contributed by atoms with E-state index in [0.29, 0.717) is 19.5 Å². The summed E-state index contributed by atoms with van der Waals surface area (Å²) in [5, 5.41) is 20.8. The molecule has 16 heavy (non-hydrogen) atoms. The molecule has 3 N–H and O–H groups in total. The SMILES string of the molecule is CCN(CC)C(=O)CC(C)NC(CO)CO. The molecule has 0 fully saturated rings. The number of rotatable bonds is 8. The molecule has 0 aliphatic carbocycles. The second kappa shape index (κ2) is 8.50. The van der Waals surface area contributed by atoms with Crippen molar-refractivity contribution in [3.8, 4) is 0 Å². The summed E-state index contributed by atoms with van der Waals surface area (Å²) in [6.07, 6.45) is 0.387. The highest BCUT2D eigenvalue weighted by Gasteiger charge is 2.16. The molecule has 1 atom stereocenters. The van der Waals surface area contributed by atoms with Crippen LogP contribution in [-0.4, -0.2) is 59.4 Å². The third-order valence-electron chi connectivity index (χ3n) is 2.56. The first-order valence-electron chi connectivity index (χ1n) is 5.84. The van der Waals surface area contributed by atoms with Gasteiger partial charge in [-0.15, -0.1) is 0 Å². The first-order chi connectivity index (χ1) is 7.58. The molecule has 1 amide bonds. The zero-order valence-electron chi connectivity index (χ0n) is 10.4. The summed E-state index contributed by atoms with van der Waals surface area (Å²) < 4.78 is 0. The molecule has 0 bridgehead atoms. The smallest absolute Gasteiger partial charge is 0.224 e. The third-order valence-corrected chi connectivity index (χ3v) is 2.56. The van der Waals surface area contributed by atoms with Crippen molar-refractivity contribution in [2.45, 2.75) is 39.3 Å². The molecule has 96 valence electrons. The lowest BCUT2D eigenvalue weighted by Gasteiger charge is -2.23. The minimum Gasteiger partial charge on any atom is -0.395 e. The second-order valence-electron chi connectivity index (χ2n) is 3.90. The number of carbonyl (C=O) groups is 1. The predicted molar refractivity (Wildman–Crippen MR) is 63.1 cm³/mol. The minimum atomic E-state index is -0.348. The highest BCUT2D eigenvalue weighted by molar-refractivity contribution is 5.76. The largest absolute Gasteiger partial charge is 0.395 e. The van der Waals surface area contributed by atoms with Crippen LogP contribution in [0, 0.1) is 0 Å². The van der Waals surface area contributed by atoms with Crippen molar-refractivity contribution in [3.63, 3.8) is 0 Å². The number of aliphatic hydroxyl groups is 2. The maximum absolute atomic E-state index is 11.7. The Hall–Kier alpha value is -0.650. The Morgan fingerprint density at radius 1 is 1.25 bits per heavy atom. The van der Waals surface area contributed by atoms with Crippen molar-refractivity contribution in [2.24, 2.45) is 0 Å². The van der Waals surface area contributed by atoms with E-state index in [1.54, 1.807) is 4.90 Å². The van der Waals surface area contributed by atoms with Gasteiger partial charge in [0.25, 0.3) is 0 Å². The molecule has 5 heteroatoms. The van der Waals surface area contributed by atoms with Gasteiger partial charge in [-0.25, -0.2) is 0 Å². The molecule has 1 unspecified atom stereocenters. The van der Waals surface area contributed by atoms with Gasteiger partial charge in [0.15, 0.2) is 0 Å². The molecule has 0 aromatic rings. The first-order valence-corrected chi connectivity index (χ1v) is 5.84. The van der Waals surface area contributed by atoms with Gasteiger partial charge < -0.3 is 20.4 Å². The molecule has 0 saturated heterocycles. The molecule has 0 saturated carbocycles. The van der Waals surface area contributed by atoms with Crippen LogP contribution in [0.1, 0.15) is 27.2 Å². The normalized spacial score (nSPS) is 12.9. The molecule has 0 spiro atoms. The number of amides is 1. The molecule has 0 heterocycles. The molecule has 0 aromatic heterocycles. The number of aliphatic hydroxyl groups excluding tert-OH is 2. The van der Waals surface area contributed by atoms with Crippen LogP contribution in [0.5, 0.6) is 0 Å². The van der Waals surface area contributed by atoms with E-state index in [4.69, 9.17) is 10.2 Å². The fourth-order valence-electron chi connectivity index (χ4n) is 1.59. The summed E-state index contributed by atoms with van der Waals surface area (Å²) in [4.78, 5) is 13.5. The molecule has 0 aliphatic rings. The van der Waals surface area contributed by atoms with Crippen molar-refractivity contribution in [1.82, 2.24) is 10.2 Å². The number of carbonyl (C=O) groups excluding carboxylic acids is 1. The fraction of sp³-hybridized carbons (Fsp3) is 0.909. The van der Waals surface area contributed by atoms with E-state index in [9.17, 15) is 4.79 Å². The Morgan fingerprint density at radius 2 is 1.75 bits per heavy atom. The van der Waals surface area contributed by atoms with Gasteiger partial charge in [-0.2, -0.15) is 0 Å². The highest BCUT2D eigenvalue weighted by atomic mass is 16.3. The Bertz CT molecular complexity index is 192. The van der Waals surface area contributed by atoms with Gasteiger partial charge in [-0.3, -0.25) is 4.79 Å². The summed E-state index contributed by atoms with van der Waals surface area (Å²) >= 11 is 0. The van der Waals surface area contributed by atoms with Crippen LogP contribution in [0.3, 0.4) is 0 Å². The van der Waals surface area contributed by atoms with Gasteiger partial charge in [0.05, 0.1) is 19.3 Å². The summed E-state index contributed by atoms with van der Waals surface area (Å²) in [7, 11) is 0. The molecule has 5 nitrogen and oxygen atoms in total. The van der Waals surface area contributed by atoms with Crippen LogP contribution in [0.25, 0.3) is 0 Å². The van der Waals surface area contributed by atoms with Crippen molar-refractivity contribution in [2.75, 3.05) is 26.3 Å². The third kappa shape index (κ3) is 5.44. The minimum absolute atomic E-state index is 0.0441.